The van der Waals surface area contributed by atoms with E-state index in [0.717, 1.165) is 22.0 Å². The van der Waals surface area contributed by atoms with E-state index in [1.54, 1.807) is 0 Å². The molecule has 0 saturated heterocycles. The molecule has 0 bridgehead atoms. The lowest BCUT2D eigenvalue weighted by Crippen LogP contribution is -1.85. The van der Waals surface area contributed by atoms with Crippen molar-refractivity contribution in [1.82, 2.24) is 4.98 Å². The van der Waals surface area contributed by atoms with Gasteiger partial charge in [-0.25, -0.2) is 0 Å². The number of rotatable bonds is 1. The first-order chi connectivity index (χ1) is 5.83. The fraction of sp³-hybridized carbons (Fsp3) is 0. The average molecular weight is 158 g/mol. The summed E-state index contributed by atoms with van der Waals surface area (Å²) in [7, 11) is 0. The van der Waals surface area contributed by atoms with Gasteiger partial charge in [-0.15, -0.1) is 0 Å². The summed E-state index contributed by atoms with van der Waals surface area (Å²) in [6.45, 7) is 3.74. The van der Waals surface area contributed by atoms with Crippen molar-refractivity contribution in [3.05, 3.63) is 36.7 Å². The quantitative estimate of drug-likeness (QED) is 0.615. The van der Waals surface area contributed by atoms with Gasteiger partial charge in [0.15, 0.2) is 0 Å². The van der Waals surface area contributed by atoms with Crippen LogP contribution in [0, 0.1) is 0 Å². The van der Waals surface area contributed by atoms with Gasteiger partial charge in [-0.2, -0.15) is 0 Å². The normalized spacial score (nSPS) is 10.3. The van der Waals surface area contributed by atoms with Crippen molar-refractivity contribution < 1.29 is 0 Å². The molecule has 1 aromatic carbocycles. The number of aromatic amines is 1. The Hall–Kier alpha value is -1.70. The second-order valence-electron chi connectivity index (χ2n) is 2.73. The van der Waals surface area contributed by atoms with Crippen molar-refractivity contribution in [3.63, 3.8) is 0 Å². The van der Waals surface area contributed by atoms with Gasteiger partial charge >= 0.3 is 0 Å². The molecule has 2 heteroatoms. The number of benzene rings is 1. The fourth-order valence-corrected chi connectivity index (χ4v) is 1.38. The Morgan fingerprint density at radius 1 is 1.25 bits per heavy atom. The lowest BCUT2D eigenvalue weighted by molar-refractivity contribution is 1.43. The first-order valence-electron chi connectivity index (χ1n) is 3.80. The predicted molar refractivity (Wildman–Crippen MR) is 52.8 cm³/mol. The number of nitrogens with one attached hydrogen (secondary N) is 1. The Balaban J connectivity index is 2.91. The minimum atomic E-state index is 0.803. The SMILES string of the molecule is C=Cc1ccc(N)c2c[nH]cc12. The number of anilines is 1. The zero-order chi connectivity index (χ0) is 8.55. The molecule has 0 fully saturated rings. The molecule has 2 aromatic rings. The highest BCUT2D eigenvalue weighted by Gasteiger charge is 2.00. The molecule has 0 aliphatic rings. The lowest BCUT2D eigenvalue weighted by Gasteiger charge is -1.98. The molecule has 2 rings (SSSR count). The third-order valence-corrected chi connectivity index (χ3v) is 2.03. The molecule has 2 nitrogen and oxygen atoms in total. The van der Waals surface area contributed by atoms with Crippen molar-refractivity contribution in [3.8, 4) is 0 Å². The summed E-state index contributed by atoms with van der Waals surface area (Å²) in [6.07, 6.45) is 5.66. The summed E-state index contributed by atoms with van der Waals surface area (Å²) in [5, 5.41) is 2.19. The molecular weight excluding hydrogens is 148 g/mol. The van der Waals surface area contributed by atoms with Crippen LogP contribution in [0.3, 0.4) is 0 Å². The number of hydrogen-bond acceptors (Lipinski definition) is 1. The van der Waals surface area contributed by atoms with E-state index in [-0.39, 0.29) is 0 Å². The van der Waals surface area contributed by atoms with E-state index in [0.29, 0.717) is 0 Å². The molecule has 0 aliphatic carbocycles. The van der Waals surface area contributed by atoms with Crippen molar-refractivity contribution in [2.24, 2.45) is 0 Å². The van der Waals surface area contributed by atoms with E-state index in [9.17, 15) is 0 Å². The molecule has 0 radical (unpaired) electrons. The van der Waals surface area contributed by atoms with Crippen LogP contribution in [0.4, 0.5) is 5.69 Å². The van der Waals surface area contributed by atoms with Crippen LogP contribution in [-0.4, -0.2) is 4.98 Å². The molecule has 3 N–H and O–H groups in total. The summed E-state index contributed by atoms with van der Waals surface area (Å²) in [6, 6.07) is 3.87. The van der Waals surface area contributed by atoms with Crippen molar-refractivity contribution >= 4 is 22.5 Å². The maximum atomic E-state index is 5.77. The van der Waals surface area contributed by atoms with Gasteiger partial charge in [-0.3, -0.25) is 0 Å². The summed E-state index contributed by atoms with van der Waals surface area (Å²) in [5.74, 6) is 0. The first-order valence-corrected chi connectivity index (χ1v) is 3.80. The van der Waals surface area contributed by atoms with Gasteiger partial charge in [0, 0.05) is 28.9 Å². The lowest BCUT2D eigenvalue weighted by atomic mass is 10.1. The number of hydrogen-bond donors (Lipinski definition) is 2. The minimum absolute atomic E-state index is 0.803. The van der Waals surface area contributed by atoms with Gasteiger partial charge < -0.3 is 10.7 Å². The van der Waals surface area contributed by atoms with E-state index in [1.807, 2.05) is 30.6 Å². The zero-order valence-electron chi connectivity index (χ0n) is 6.67. The Morgan fingerprint density at radius 3 is 2.75 bits per heavy atom. The summed E-state index contributed by atoms with van der Waals surface area (Å²) in [5.41, 5.74) is 7.68. The predicted octanol–water partition coefficient (Wildman–Crippen LogP) is 2.39. The number of aromatic nitrogens is 1. The highest BCUT2D eigenvalue weighted by atomic mass is 14.7. The fourth-order valence-electron chi connectivity index (χ4n) is 1.38. The van der Waals surface area contributed by atoms with E-state index >= 15 is 0 Å². The summed E-state index contributed by atoms with van der Waals surface area (Å²) in [4.78, 5) is 3.03. The van der Waals surface area contributed by atoms with Crippen LogP contribution in [0.1, 0.15) is 5.56 Å². The molecule has 0 saturated carbocycles. The average Bonchev–Trinajstić information content (AvgIpc) is 2.54. The molecule has 0 aliphatic heterocycles. The Kier molecular flexibility index (Phi) is 1.40. The molecular formula is C10H10N2. The maximum Gasteiger partial charge on any atom is 0.0409 e. The van der Waals surface area contributed by atoms with Gasteiger partial charge in [0.1, 0.15) is 0 Å². The maximum absolute atomic E-state index is 5.77. The number of H-pyrrole nitrogens is 1. The van der Waals surface area contributed by atoms with Gasteiger partial charge in [-0.05, 0) is 11.6 Å². The second kappa shape index (κ2) is 2.41. The Morgan fingerprint density at radius 2 is 2.00 bits per heavy atom. The van der Waals surface area contributed by atoms with Gasteiger partial charge in [-0.1, -0.05) is 18.7 Å². The van der Waals surface area contributed by atoms with Crippen LogP contribution in [0.5, 0.6) is 0 Å². The van der Waals surface area contributed by atoms with Crippen molar-refractivity contribution in [2.75, 3.05) is 5.73 Å². The highest BCUT2D eigenvalue weighted by Crippen LogP contribution is 2.24. The summed E-state index contributed by atoms with van der Waals surface area (Å²) >= 11 is 0. The van der Waals surface area contributed by atoms with Crippen LogP contribution < -0.4 is 5.73 Å². The molecule has 12 heavy (non-hydrogen) atoms. The van der Waals surface area contributed by atoms with E-state index in [1.165, 1.54) is 0 Å². The van der Waals surface area contributed by atoms with Gasteiger partial charge in [0.05, 0.1) is 0 Å². The van der Waals surface area contributed by atoms with Crippen LogP contribution in [-0.2, 0) is 0 Å². The standard InChI is InChI=1S/C10H10N2/c1-2-7-3-4-10(11)9-6-12-5-8(7)9/h2-6,12H,1,11H2. The van der Waals surface area contributed by atoms with Crippen LogP contribution in [0.2, 0.25) is 0 Å². The van der Waals surface area contributed by atoms with Gasteiger partial charge in [0.2, 0.25) is 0 Å². The van der Waals surface area contributed by atoms with Crippen LogP contribution in [0.15, 0.2) is 31.1 Å². The third kappa shape index (κ3) is 0.815. The molecule has 1 heterocycles. The highest BCUT2D eigenvalue weighted by molar-refractivity contribution is 5.97. The largest absolute Gasteiger partial charge is 0.398 e. The smallest absolute Gasteiger partial charge is 0.0409 e. The van der Waals surface area contributed by atoms with Crippen LogP contribution >= 0.6 is 0 Å². The molecule has 0 spiro atoms. The Bertz CT molecular complexity index is 426. The molecule has 0 amide bonds. The number of nitrogen functional groups attached to an aromatic ring is 1. The van der Waals surface area contributed by atoms with E-state index in [2.05, 4.69) is 11.6 Å². The van der Waals surface area contributed by atoms with E-state index in [4.69, 9.17) is 5.73 Å². The second-order valence-corrected chi connectivity index (χ2v) is 2.73. The molecule has 0 unspecified atom stereocenters. The molecule has 1 aromatic heterocycles. The first kappa shape index (κ1) is 6.98. The minimum Gasteiger partial charge on any atom is -0.398 e. The topological polar surface area (TPSA) is 41.8 Å². The third-order valence-electron chi connectivity index (χ3n) is 2.03. The molecule has 60 valence electrons. The number of nitrogens with two attached hydrogens (primary N) is 1. The van der Waals surface area contributed by atoms with Crippen molar-refractivity contribution in [1.29, 1.82) is 0 Å². The van der Waals surface area contributed by atoms with Gasteiger partial charge in [0.25, 0.3) is 0 Å². The van der Waals surface area contributed by atoms with E-state index < -0.39 is 0 Å². The van der Waals surface area contributed by atoms with Crippen LogP contribution in [0.25, 0.3) is 16.8 Å². The van der Waals surface area contributed by atoms with Crippen molar-refractivity contribution in [2.45, 2.75) is 0 Å². The Labute approximate surface area is 70.7 Å². The number of fused-ring (bicyclic) bond motifs is 1. The monoisotopic (exact) mass is 158 g/mol. The summed E-state index contributed by atoms with van der Waals surface area (Å²) < 4.78 is 0. The zero-order valence-corrected chi connectivity index (χ0v) is 6.67. The molecule has 0 atom stereocenters.